The number of unbranched alkanes of at least 4 members (excludes halogenated alkanes) is 9. The highest BCUT2D eigenvalue weighted by Gasteiger charge is 1.97. The van der Waals surface area contributed by atoms with Crippen LogP contribution in [0.5, 0.6) is 0 Å². The van der Waals surface area contributed by atoms with E-state index in [4.69, 9.17) is 0 Å². The molecular weight excluding hydrogens is 410 g/mol. The van der Waals surface area contributed by atoms with Gasteiger partial charge >= 0.3 is 0 Å². The van der Waals surface area contributed by atoms with Crippen molar-refractivity contribution in [1.29, 1.82) is 0 Å². The molecule has 0 aromatic carbocycles. The van der Waals surface area contributed by atoms with E-state index < -0.39 is 0 Å². The zero-order valence-electron chi connectivity index (χ0n) is 10.1. The molecule has 0 saturated heterocycles. The third kappa shape index (κ3) is 15.5. The summed E-state index contributed by atoms with van der Waals surface area (Å²) < 4.78 is 0.842. The summed E-state index contributed by atoms with van der Waals surface area (Å²) in [5.41, 5.74) is 0. The minimum atomic E-state index is 0.842. The van der Waals surface area contributed by atoms with Crippen molar-refractivity contribution in [2.24, 2.45) is 0 Å². The van der Waals surface area contributed by atoms with E-state index in [0.717, 1.165) is 1.93 Å². The van der Waals surface area contributed by atoms with Crippen LogP contribution in [0.15, 0.2) is 0 Å². The SMILES string of the molecule is CCCCCCCCCCCCC(I)I. The average molecular weight is 436 g/mol. The molecule has 0 aliphatic heterocycles. The van der Waals surface area contributed by atoms with Crippen molar-refractivity contribution in [3.05, 3.63) is 0 Å². The van der Waals surface area contributed by atoms with E-state index in [1.54, 1.807) is 0 Å². The summed E-state index contributed by atoms with van der Waals surface area (Å²) in [6, 6.07) is 0. The summed E-state index contributed by atoms with van der Waals surface area (Å²) in [4.78, 5) is 0. The number of halogens is 2. The molecule has 0 saturated carbocycles. The number of rotatable bonds is 11. The van der Waals surface area contributed by atoms with Gasteiger partial charge in [-0.15, -0.1) is 0 Å². The van der Waals surface area contributed by atoms with Crippen molar-refractivity contribution in [2.45, 2.75) is 79.5 Å². The van der Waals surface area contributed by atoms with Gasteiger partial charge in [0.15, 0.2) is 0 Å². The fourth-order valence-electron chi connectivity index (χ4n) is 1.79. The second-order valence-corrected chi connectivity index (χ2v) is 9.75. The monoisotopic (exact) mass is 436 g/mol. The molecule has 0 aliphatic rings. The summed E-state index contributed by atoms with van der Waals surface area (Å²) in [5.74, 6) is 0. The number of hydrogen-bond donors (Lipinski definition) is 0. The van der Waals surface area contributed by atoms with Crippen molar-refractivity contribution < 1.29 is 0 Å². The zero-order chi connectivity index (χ0) is 11.4. The van der Waals surface area contributed by atoms with Crippen LogP contribution in [0.4, 0.5) is 0 Å². The fourth-order valence-corrected chi connectivity index (χ4v) is 2.67. The molecular formula is C13H26I2. The van der Waals surface area contributed by atoms with Gasteiger partial charge in [0, 0.05) is 0 Å². The Morgan fingerprint density at radius 2 is 1.07 bits per heavy atom. The molecule has 2 heteroatoms. The lowest BCUT2D eigenvalue weighted by atomic mass is 10.1. The largest absolute Gasteiger partial charge is 0.0710 e. The van der Waals surface area contributed by atoms with Crippen LogP contribution in [-0.2, 0) is 0 Å². The van der Waals surface area contributed by atoms with E-state index >= 15 is 0 Å². The van der Waals surface area contributed by atoms with Gasteiger partial charge in [0.2, 0.25) is 0 Å². The molecule has 0 rings (SSSR count). The summed E-state index contributed by atoms with van der Waals surface area (Å²) in [6.45, 7) is 2.29. The lowest BCUT2D eigenvalue weighted by molar-refractivity contribution is 0.555. The topological polar surface area (TPSA) is 0 Å². The van der Waals surface area contributed by atoms with Gasteiger partial charge in [-0.3, -0.25) is 0 Å². The van der Waals surface area contributed by atoms with Crippen LogP contribution in [-0.4, -0.2) is 1.93 Å². The molecule has 0 atom stereocenters. The summed E-state index contributed by atoms with van der Waals surface area (Å²) in [5, 5.41) is 0. The Hall–Kier alpha value is 1.46. The van der Waals surface area contributed by atoms with Crippen molar-refractivity contribution in [1.82, 2.24) is 0 Å². The molecule has 0 heterocycles. The van der Waals surface area contributed by atoms with Crippen molar-refractivity contribution >= 4 is 45.2 Å². The minimum Gasteiger partial charge on any atom is -0.0710 e. The van der Waals surface area contributed by atoms with E-state index in [1.165, 1.54) is 70.6 Å². The Kier molecular flexibility index (Phi) is 14.8. The predicted octanol–water partition coefficient (Wildman–Crippen LogP) is 6.49. The molecule has 0 amide bonds. The second kappa shape index (κ2) is 13.5. The minimum absolute atomic E-state index is 0.842. The van der Waals surface area contributed by atoms with E-state index in [9.17, 15) is 0 Å². The van der Waals surface area contributed by atoms with Crippen LogP contribution in [0.3, 0.4) is 0 Å². The van der Waals surface area contributed by atoms with Crippen LogP contribution in [0, 0.1) is 0 Å². The average Bonchev–Trinajstić information content (AvgIpc) is 2.20. The first-order chi connectivity index (χ1) is 7.27. The smallest absolute Gasteiger partial charge is 0.0626 e. The molecule has 0 nitrogen and oxygen atoms in total. The van der Waals surface area contributed by atoms with Crippen LogP contribution in [0.2, 0.25) is 0 Å². The van der Waals surface area contributed by atoms with E-state index in [1.807, 2.05) is 0 Å². The van der Waals surface area contributed by atoms with E-state index in [2.05, 4.69) is 52.1 Å². The molecule has 0 bridgehead atoms. The maximum atomic E-state index is 2.52. The molecule has 0 unspecified atom stereocenters. The molecule has 0 radical (unpaired) electrons. The highest BCUT2D eigenvalue weighted by Crippen LogP contribution is 2.18. The molecule has 0 N–H and O–H groups in total. The molecule has 15 heavy (non-hydrogen) atoms. The van der Waals surface area contributed by atoms with E-state index in [-0.39, 0.29) is 0 Å². The molecule has 0 aliphatic carbocycles. The maximum Gasteiger partial charge on any atom is 0.0626 e. The molecule has 0 aromatic heterocycles. The predicted molar refractivity (Wildman–Crippen MR) is 88.3 cm³/mol. The van der Waals surface area contributed by atoms with Crippen LogP contribution in [0.25, 0.3) is 0 Å². The first kappa shape index (κ1) is 16.5. The van der Waals surface area contributed by atoms with Gasteiger partial charge in [-0.2, -0.15) is 0 Å². The Balaban J connectivity index is 2.87. The van der Waals surface area contributed by atoms with Crippen molar-refractivity contribution in [2.75, 3.05) is 0 Å². The Morgan fingerprint density at radius 1 is 0.667 bits per heavy atom. The highest BCUT2D eigenvalue weighted by molar-refractivity contribution is 14.2. The van der Waals surface area contributed by atoms with Gasteiger partial charge in [-0.25, -0.2) is 0 Å². The second-order valence-electron chi connectivity index (χ2n) is 4.36. The van der Waals surface area contributed by atoms with Gasteiger partial charge in [0.1, 0.15) is 0 Å². The first-order valence-electron chi connectivity index (χ1n) is 6.55. The summed E-state index contributed by atoms with van der Waals surface area (Å²) in [6.07, 6.45) is 15.9. The lowest BCUT2D eigenvalue weighted by Gasteiger charge is -2.03. The number of hydrogen-bond acceptors (Lipinski definition) is 0. The van der Waals surface area contributed by atoms with E-state index in [0.29, 0.717) is 0 Å². The number of alkyl halides is 2. The molecule has 0 fully saturated rings. The van der Waals surface area contributed by atoms with Gasteiger partial charge < -0.3 is 0 Å². The first-order valence-corrected chi connectivity index (χ1v) is 9.04. The normalized spacial score (nSPS) is 11.2. The van der Waals surface area contributed by atoms with Crippen molar-refractivity contribution in [3.8, 4) is 0 Å². The third-order valence-electron chi connectivity index (χ3n) is 2.78. The lowest BCUT2D eigenvalue weighted by Crippen LogP contribution is -1.86. The fraction of sp³-hybridized carbons (Fsp3) is 1.00. The molecule has 0 spiro atoms. The molecule has 92 valence electrons. The molecule has 0 aromatic rings. The maximum absolute atomic E-state index is 2.52. The van der Waals surface area contributed by atoms with Gasteiger partial charge in [0.25, 0.3) is 0 Å². The quantitative estimate of drug-likeness (QED) is 0.197. The Labute approximate surface area is 124 Å². The van der Waals surface area contributed by atoms with Gasteiger partial charge in [-0.05, 0) is 6.42 Å². The summed E-state index contributed by atoms with van der Waals surface area (Å²) in [7, 11) is 0. The Morgan fingerprint density at radius 3 is 1.47 bits per heavy atom. The highest BCUT2D eigenvalue weighted by atomic mass is 127. The third-order valence-corrected chi connectivity index (χ3v) is 4.02. The van der Waals surface area contributed by atoms with Crippen molar-refractivity contribution in [3.63, 3.8) is 0 Å². The van der Waals surface area contributed by atoms with Crippen LogP contribution in [0.1, 0.15) is 77.6 Å². The summed E-state index contributed by atoms with van der Waals surface area (Å²) >= 11 is 5.03. The van der Waals surface area contributed by atoms with Crippen LogP contribution < -0.4 is 0 Å². The van der Waals surface area contributed by atoms with Gasteiger partial charge in [-0.1, -0.05) is 116 Å². The zero-order valence-corrected chi connectivity index (χ0v) is 14.4. The standard InChI is InChI=1S/C13H26I2/c1-2-3-4-5-6-7-8-9-10-11-12-13(14)15/h13H,2-12H2,1H3. The van der Waals surface area contributed by atoms with Crippen LogP contribution >= 0.6 is 45.2 Å². The Bertz CT molecular complexity index is 113. The van der Waals surface area contributed by atoms with Gasteiger partial charge in [0.05, 0.1) is 1.93 Å².